The summed E-state index contributed by atoms with van der Waals surface area (Å²) in [4.78, 5) is 11.7. The van der Waals surface area contributed by atoms with Crippen molar-refractivity contribution in [1.29, 1.82) is 0 Å². The van der Waals surface area contributed by atoms with Gasteiger partial charge < -0.3 is 0 Å². The minimum Gasteiger partial charge on any atom is -0.291 e. The van der Waals surface area contributed by atoms with Crippen LogP contribution in [0.2, 0.25) is 0 Å². The van der Waals surface area contributed by atoms with E-state index in [-0.39, 0.29) is 4.90 Å². The molecule has 2 N–H and O–H groups in total. The van der Waals surface area contributed by atoms with Gasteiger partial charge in [-0.05, 0) is 31.2 Å². The summed E-state index contributed by atoms with van der Waals surface area (Å²) in [6.07, 6.45) is 0. The first kappa shape index (κ1) is 18.1. The smallest absolute Gasteiger partial charge is 0.257 e. The Morgan fingerprint density at radius 2 is 1.46 bits per heavy atom. The first-order valence-electron chi connectivity index (χ1n) is 8.70. The molecule has 140 valence electrons. The second-order valence-corrected chi connectivity index (χ2v) is 8.00. The molecule has 0 saturated carbocycles. The second kappa shape index (κ2) is 7.38. The maximum atomic E-state index is 12.6. The molecule has 3 aromatic carbocycles. The Bertz CT molecular complexity index is 1220. The topological polar surface area (TPSA) is 84.0 Å². The van der Waals surface area contributed by atoms with Crippen LogP contribution in [-0.2, 0) is 10.0 Å². The summed E-state index contributed by atoms with van der Waals surface area (Å²) in [6.45, 7) is 1.90. The SMILES string of the molecule is Cc1ccc(S(=O)(=O)NNc2nc(-c3ccccc3)nc3ccccc23)cc1. The molecule has 0 amide bonds. The van der Waals surface area contributed by atoms with Crippen molar-refractivity contribution in [2.24, 2.45) is 0 Å². The zero-order valence-corrected chi connectivity index (χ0v) is 15.9. The fraction of sp³-hybridized carbons (Fsp3) is 0.0476. The van der Waals surface area contributed by atoms with E-state index in [9.17, 15) is 8.42 Å². The first-order valence-corrected chi connectivity index (χ1v) is 10.2. The molecule has 0 bridgehead atoms. The van der Waals surface area contributed by atoms with Gasteiger partial charge in [-0.15, -0.1) is 4.83 Å². The summed E-state index contributed by atoms with van der Waals surface area (Å²) < 4.78 is 25.2. The Labute approximate surface area is 163 Å². The van der Waals surface area contributed by atoms with Gasteiger partial charge in [0.1, 0.15) is 0 Å². The summed E-state index contributed by atoms with van der Waals surface area (Å²) in [5.74, 6) is 0.900. The highest BCUT2D eigenvalue weighted by atomic mass is 32.2. The van der Waals surface area contributed by atoms with Crippen molar-refractivity contribution in [3.63, 3.8) is 0 Å². The highest BCUT2D eigenvalue weighted by Crippen LogP contribution is 2.24. The van der Waals surface area contributed by atoms with E-state index in [2.05, 4.69) is 20.2 Å². The van der Waals surface area contributed by atoms with Crippen LogP contribution < -0.4 is 10.3 Å². The highest BCUT2D eigenvalue weighted by Gasteiger charge is 2.15. The van der Waals surface area contributed by atoms with Crippen molar-refractivity contribution in [3.05, 3.63) is 84.4 Å². The number of rotatable bonds is 5. The lowest BCUT2D eigenvalue weighted by molar-refractivity contribution is 0.587. The van der Waals surface area contributed by atoms with Crippen LogP contribution in [0.1, 0.15) is 5.56 Å². The van der Waals surface area contributed by atoms with E-state index in [1.807, 2.05) is 61.5 Å². The fourth-order valence-electron chi connectivity index (χ4n) is 2.78. The van der Waals surface area contributed by atoms with Crippen LogP contribution in [0.3, 0.4) is 0 Å². The largest absolute Gasteiger partial charge is 0.291 e. The number of nitrogens with zero attached hydrogens (tertiary/aromatic N) is 2. The second-order valence-electron chi connectivity index (χ2n) is 6.32. The van der Waals surface area contributed by atoms with Crippen molar-refractivity contribution in [1.82, 2.24) is 14.8 Å². The minimum atomic E-state index is -3.74. The number of anilines is 1. The van der Waals surface area contributed by atoms with Crippen molar-refractivity contribution in [2.45, 2.75) is 11.8 Å². The molecule has 0 fully saturated rings. The number of sulfonamides is 1. The third-order valence-corrected chi connectivity index (χ3v) is 5.53. The summed E-state index contributed by atoms with van der Waals surface area (Å²) >= 11 is 0. The molecular weight excluding hydrogens is 372 g/mol. The van der Waals surface area contributed by atoms with E-state index in [0.717, 1.165) is 11.1 Å². The molecule has 0 aliphatic heterocycles. The van der Waals surface area contributed by atoms with Crippen LogP contribution >= 0.6 is 0 Å². The Balaban J connectivity index is 1.71. The maximum absolute atomic E-state index is 12.6. The monoisotopic (exact) mass is 390 g/mol. The quantitative estimate of drug-likeness (QED) is 0.505. The van der Waals surface area contributed by atoms with Crippen LogP contribution in [-0.4, -0.2) is 18.4 Å². The number of aryl methyl sites for hydroxylation is 1. The predicted molar refractivity (Wildman–Crippen MR) is 110 cm³/mol. The number of hydrazine groups is 1. The molecule has 0 spiro atoms. The molecule has 0 aliphatic rings. The molecule has 1 aromatic heterocycles. The maximum Gasteiger partial charge on any atom is 0.257 e. The molecule has 6 nitrogen and oxygen atoms in total. The van der Waals surface area contributed by atoms with Crippen LogP contribution in [0.5, 0.6) is 0 Å². The minimum absolute atomic E-state index is 0.173. The summed E-state index contributed by atoms with van der Waals surface area (Å²) in [7, 11) is -3.74. The lowest BCUT2D eigenvalue weighted by Gasteiger charge is -2.12. The highest BCUT2D eigenvalue weighted by molar-refractivity contribution is 7.89. The molecule has 4 aromatic rings. The Morgan fingerprint density at radius 1 is 0.786 bits per heavy atom. The zero-order chi connectivity index (χ0) is 19.6. The molecule has 0 aliphatic carbocycles. The van der Waals surface area contributed by atoms with Gasteiger partial charge in [-0.25, -0.2) is 18.4 Å². The summed E-state index contributed by atoms with van der Waals surface area (Å²) in [5, 5.41) is 0.716. The van der Waals surface area contributed by atoms with Gasteiger partial charge in [0.15, 0.2) is 11.6 Å². The molecule has 4 rings (SSSR count). The Morgan fingerprint density at radius 3 is 2.21 bits per heavy atom. The van der Waals surface area contributed by atoms with Gasteiger partial charge in [0.25, 0.3) is 10.0 Å². The summed E-state index contributed by atoms with van der Waals surface area (Å²) in [5.41, 5.74) is 5.31. The molecule has 0 saturated heterocycles. The van der Waals surface area contributed by atoms with Gasteiger partial charge in [-0.2, -0.15) is 0 Å². The van der Waals surface area contributed by atoms with Crippen LogP contribution in [0.25, 0.3) is 22.3 Å². The lowest BCUT2D eigenvalue weighted by Crippen LogP contribution is -2.30. The van der Waals surface area contributed by atoms with Gasteiger partial charge >= 0.3 is 0 Å². The standard InChI is InChI=1S/C21H18N4O2S/c1-15-11-13-17(14-12-15)28(26,27)25-24-21-18-9-5-6-10-19(18)22-20(23-21)16-7-3-2-4-8-16/h2-14,25H,1H3,(H,22,23,24). The van der Waals surface area contributed by atoms with Crippen molar-refractivity contribution < 1.29 is 8.42 Å². The van der Waals surface area contributed by atoms with Gasteiger partial charge in [-0.3, -0.25) is 5.43 Å². The fourth-order valence-corrected chi connectivity index (χ4v) is 3.62. The van der Waals surface area contributed by atoms with Crippen LogP contribution in [0, 0.1) is 6.92 Å². The van der Waals surface area contributed by atoms with Crippen molar-refractivity contribution in [3.8, 4) is 11.4 Å². The van der Waals surface area contributed by atoms with E-state index in [4.69, 9.17) is 0 Å². The molecule has 28 heavy (non-hydrogen) atoms. The molecule has 1 heterocycles. The normalized spacial score (nSPS) is 11.5. The van der Waals surface area contributed by atoms with Crippen LogP contribution in [0.15, 0.2) is 83.8 Å². The average Bonchev–Trinajstić information content (AvgIpc) is 2.73. The molecule has 0 atom stereocenters. The number of nitrogens with one attached hydrogen (secondary N) is 2. The summed E-state index contributed by atoms with van der Waals surface area (Å²) in [6, 6.07) is 23.6. The molecular formula is C21H18N4O2S. The molecule has 0 unspecified atom stereocenters. The number of para-hydroxylation sites is 1. The predicted octanol–water partition coefficient (Wildman–Crippen LogP) is 3.91. The number of benzene rings is 3. The first-order chi connectivity index (χ1) is 13.5. The Hall–Kier alpha value is -3.29. The number of fused-ring (bicyclic) bond motifs is 1. The van der Waals surface area contributed by atoms with Gasteiger partial charge in [0, 0.05) is 10.9 Å². The lowest BCUT2D eigenvalue weighted by atomic mass is 10.2. The third-order valence-electron chi connectivity index (χ3n) is 4.27. The molecule has 0 radical (unpaired) electrons. The van der Waals surface area contributed by atoms with E-state index in [1.165, 1.54) is 0 Å². The van der Waals surface area contributed by atoms with Gasteiger partial charge in [0.05, 0.1) is 10.4 Å². The van der Waals surface area contributed by atoms with Gasteiger partial charge in [0.2, 0.25) is 0 Å². The van der Waals surface area contributed by atoms with Crippen molar-refractivity contribution in [2.75, 3.05) is 5.43 Å². The number of hydrogen-bond acceptors (Lipinski definition) is 5. The van der Waals surface area contributed by atoms with E-state index in [0.29, 0.717) is 22.5 Å². The zero-order valence-electron chi connectivity index (χ0n) is 15.1. The van der Waals surface area contributed by atoms with E-state index < -0.39 is 10.0 Å². The Kier molecular flexibility index (Phi) is 4.77. The van der Waals surface area contributed by atoms with Crippen molar-refractivity contribution >= 4 is 26.7 Å². The number of hydrogen-bond donors (Lipinski definition) is 2. The molecule has 7 heteroatoms. The van der Waals surface area contributed by atoms with Crippen LogP contribution in [0.4, 0.5) is 5.82 Å². The average molecular weight is 390 g/mol. The number of aromatic nitrogens is 2. The van der Waals surface area contributed by atoms with E-state index >= 15 is 0 Å². The van der Waals surface area contributed by atoms with Gasteiger partial charge in [-0.1, -0.05) is 60.2 Å². The third kappa shape index (κ3) is 3.71. The van der Waals surface area contributed by atoms with E-state index in [1.54, 1.807) is 24.3 Å².